The van der Waals surface area contributed by atoms with Gasteiger partial charge in [-0.2, -0.15) is 0 Å². The SMILES string of the molecule is COc1ccc(CN2Cc3cc(Cl)c(OC)cc3C2)cc1. The Morgan fingerprint density at radius 3 is 2.29 bits per heavy atom. The van der Waals surface area contributed by atoms with Crippen molar-refractivity contribution in [1.82, 2.24) is 4.90 Å². The van der Waals surface area contributed by atoms with Crippen LogP contribution in [0, 0.1) is 0 Å². The highest BCUT2D eigenvalue weighted by molar-refractivity contribution is 6.32. The van der Waals surface area contributed by atoms with Crippen LogP contribution in [0.5, 0.6) is 11.5 Å². The van der Waals surface area contributed by atoms with Gasteiger partial charge < -0.3 is 9.47 Å². The Hall–Kier alpha value is -1.71. The predicted octanol–water partition coefficient (Wildman–Crippen LogP) is 3.87. The molecule has 3 nitrogen and oxygen atoms in total. The molecule has 0 unspecified atom stereocenters. The molecule has 21 heavy (non-hydrogen) atoms. The maximum absolute atomic E-state index is 6.19. The Balaban J connectivity index is 1.72. The minimum absolute atomic E-state index is 0.683. The lowest BCUT2D eigenvalue weighted by atomic mass is 10.1. The van der Waals surface area contributed by atoms with E-state index in [-0.39, 0.29) is 0 Å². The average molecular weight is 304 g/mol. The van der Waals surface area contributed by atoms with Crippen molar-refractivity contribution in [3.05, 3.63) is 58.1 Å². The molecule has 0 saturated heterocycles. The third-order valence-electron chi connectivity index (χ3n) is 3.83. The van der Waals surface area contributed by atoms with Crippen molar-refractivity contribution in [2.45, 2.75) is 19.6 Å². The molecular weight excluding hydrogens is 286 g/mol. The number of halogens is 1. The Labute approximate surface area is 130 Å². The Morgan fingerprint density at radius 2 is 1.67 bits per heavy atom. The molecular formula is C17H18ClNO2. The van der Waals surface area contributed by atoms with Crippen LogP contribution in [0.1, 0.15) is 16.7 Å². The van der Waals surface area contributed by atoms with E-state index in [1.165, 1.54) is 16.7 Å². The number of hydrogen-bond acceptors (Lipinski definition) is 3. The smallest absolute Gasteiger partial charge is 0.137 e. The Kier molecular flexibility index (Phi) is 4.04. The van der Waals surface area contributed by atoms with Gasteiger partial charge in [-0.25, -0.2) is 0 Å². The molecule has 110 valence electrons. The van der Waals surface area contributed by atoms with Crippen molar-refractivity contribution in [3.8, 4) is 11.5 Å². The van der Waals surface area contributed by atoms with Gasteiger partial charge in [0.15, 0.2) is 0 Å². The Bertz CT molecular complexity index is 640. The summed E-state index contributed by atoms with van der Waals surface area (Å²) in [6, 6.07) is 12.3. The average Bonchev–Trinajstić information content (AvgIpc) is 2.88. The number of methoxy groups -OCH3 is 2. The molecule has 0 atom stereocenters. The van der Waals surface area contributed by atoms with E-state index in [9.17, 15) is 0 Å². The summed E-state index contributed by atoms with van der Waals surface area (Å²) in [5.74, 6) is 1.64. The summed E-state index contributed by atoms with van der Waals surface area (Å²) in [5.41, 5.74) is 3.86. The van der Waals surface area contributed by atoms with Gasteiger partial charge in [-0.1, -0.05) is 23.7 Å². The van der Waals surface area contributed by atoms with Crippen LogP contribution in [0.3, 0.4) is 0 Å². The lowest BCUT2D eigenvalue weighted by Crippen LogP contribution is -2.15. The summed E-state index contributed by atoms with van der Waals surface area (Å²) < 4.78 is 10.5. The number of fused-ring (bicyclic) bond motifs is 1. The topological polar surface area (TPSA) is 21.7 Å². The van der Waals surface area contributed by atoms with Crippen molar-refractivity contribution >= 4 is 11.6 Å². The number of hydrogen-bond donors (Lipinski definition) is 0. The summed E-state index contributed by atoms with van der Waals surface area (Å²) in [6.07, 6.45) is 0. The Morgan fingerprint density at radius 1 is 1.00 bits per heavy atom. The second kappa shape index (κ2) is 5.96. The molecule has 0 N–H and O–H groups in total. The number of ether oxygens (including phenoxy) is 2. The van der Waals surface area contributed by atoms with Crippen LogP contribution in [-0.2, 0) is 19.6 Å². The fourth-order valence-corrected chi connectivity index (χ4v) is 2.99. The van der Waals surface area contributed by atoms with Crippen molar-refractivity contribution in [2.75, 3.05) is 14.2 Å². The third-order valence-corrected chi connectivity index (χ3v) is 4.12. The molecule has 3 rings (SSSR count). The fourth-order valence-electron chi connectivity index (χ4n) is 2.73. The maximum Gasteiger partial charge on any atom is 0.137 e. The molecule has 0 radical (unpaired) electrons. The molecule has 0 fully saturated rings. The summed E-state index contributed by atoms with van der Waals surface area (Å²) in [4.78, 5) is 2.39. The van der Waals surface area contributed by atoms with Crippen LogP contribution < -0.4 is 9.47 Å². The predicted molar refractivity (Wildman–Crippen MR) is 83.9 cm³/mol. The van der Waals surface area contributed by atoms with Gasteiger partial charge in [0.1, 0.15) is 11.5 Å². The van der Waals surface area contributed by atoms with Crippen LogP contribution >= 0.6 is 11.6 Å². The highest BCUT2D eigenvalue weighted by Crippen LogP contribution is 2.33. The van der Waals surface area contributed by atoms with Gasteiger partial charge in [-0.05, 0) is 41.0 Å². The number of rotatable bonds is 4. The van der Waals surface area contributed by atoms with Crippen LogP contribution in [0.4, 0.5) is 0 Å². The summed E-state index contributed by atoms with van der Waals surface area (Å²) >= 11 is 6.19. The zero-order valence-electron chi connectivity index (χ0n) is 12.2. The fraction of sp³-hybridized carbons (Fsp3) is 0.294. The largest absolute Gasteiger partial charge is 0.497 e. The highest BCUT2D eigenvalue weighted by Gasteiger charge is 2.21. The van der Waals surface area contributed by atoms with Gasteiger partial charge in [-0.15, -0.1) is 0 Å². The molecule has 1 aliphatic rings. The van der Waals surface area contributed by atoms with Crippen LogP contribution in [0.2, 0.25) is 5.02 Å². The normalized spacial score (nSPS) is 14.0. The van der Waals surface area contributed by atoms with Crippen LogP contribution in [0.25, 0.3) is 0 Å². The van der Waals surface area contributed by atoms with E-state index in [4.69, 9.17) is 21.1 Å². The molecule has 0 spiro atoms. The van der Waals surface area contributed by atoms with Gasteiger partial charge in [0.05, 0.1) is 19.2 Å². The molecule has 0 amide bonds. The first-order valence-electron chi connectivity index (χ1n) is 6.90. The molecule has 2 aromatic rings. The standard InChI is InChI=1S/C17H18ClNO2/c1-20-15-5-3-12(4-6-15)9-19-10-13-7-16(18)17(21-2)8-14(13)11-19/h3-8H,9-11H2,1-2H3. The summed E-state index contributed by atoms with van der Waals surface area (Å²) in [5, 5.41) is 0.683. The van der Waals surface area contributed by atoms with Gasteiger partial charge in [-0.3, -0.25) is 4.90 Å². The van der Waals surface area contributed by atoms with E-state index in [1.54, 1.807) is 14.2 Å². The van der Waals surface area contributed by atoms with Gasteiger partial charge in [0.2, 0.25) is 0 Å². The lowest BCUT2D eigenvalue weighted by molar-refractivity contribution is 0.275. The lowest BCUT2D eigenvalue weighted by Gasteiger charge is -2.14. The van der Waals surface area contributed by atoms with Gasteiger partial charge >= 0.3 is 0 Å². The van der Waals surface area contributed by atoms with E-state index < -0.39 is 0 Å². The second-order valence-electron chi connectivity index (χ2n) is 5.25. The van der Waals surface area contributed by atoms with Gasteiger partial charge in [0.25, 0.3) is 0 Å². The number of nitrogens with zero attached hydrogens (tertiary/aromatic N) is 1. The highest BCUT2D eigenvalue weighted by atomic mass is 35.5. The summed E-state index contributed by atoms with van der Waals surface area (Å²) in [6.45, 7) is 2.76. The molecule has 0 saturated carbocycles. The molecule has 1 aliphatic heterocycles. The van der Waals surface area contributed by atoms with Crippen LogP contribution in [0.15, 0.2) is 36.4 Å². The minimum Gasteiger partial charge on any atom is -0.497 e. The van der Waals surface area contributed by atoms with E-state index in [2.05, 4.69) is 17.0 Å². The molecule has 0 aliphatic carbocycles. The monoisotopic (exact) mass is 303 g/mol. The molecule has 4 heteroatoms. The zero-order valence-corrected chi connectivity index (χ0v) is 13.0. The summed E-state index contributed by atoms with van der Waals surface area (Å²) in [7, 11) is 3.33. The second-order valence-corrected chi connectivity index (χ2v) is 5.66. The zero-order chi connectivity index (χ0) is 14.8. The third kappa shape index (κ3) is 2.99. The molecule has 0 aromatic heterocycles. The van der Waals surface area contributed by atoms with E-state index in [0.717, 1.165) is 31.1 Å². The maximum atomic E-state index is 6.19. The van der Waals surface area contributed by atoms with E-state index in [0.29, 0.717) is 5.02 Å². The molecule has 2 aromatic carbocycles. The molecule has 1 heterocycles. The van der Waals surface area contributed by atoms with Crippen LogP contribution in [-0.4, -0.2) is 19.1 Å². The van der Waals surface area contributed by atoms with Crippen molar-refractivity contribution in [1.29, 1.82) is 0 Å². The van der Waals surface area contributed by atoms with E-state index >= 15 is 0 Å². The quantitative estimate of drug-likeness (QED) is 0.856. The minimum atomic E-state index is 0.683. The van der Waals surface area contributed by atoms with Crippen molar-refractivity contribution in [3.63, 3.8) is 0 Å². The van der Waals surface area contributed by atoms with Crippen molar-refractivity contribution in [2.24, 2.45) is 0 Å². The van der Waals surface area contributed by atoms with E-state index in [1.807, 2.05) is 24.3 Å². The first-order chi connectivity index (χ1) is 10.2. The van der Waals surface area contributed by atoms with Crippen molar-refractivity contribution < 1.29 is 9.47 Å². The first-order valence-corrected chi connectivity index (χ1v) is 7.28. The molecule has 0 bridgehead atoms. The first kappa shape index (κ1) is 14.2. The van der Waals surface area contributed by atoms with Gasteiger partial charge in [0, 0.05) is 19.6 Å². The number of benzene rings is 2.